The molecule has 0 aromatic heterocycles. The summed E-state index contributed by atoms with van der Waals surface area (Å²) in [6, 6.07) is 0. The Kier molecular flexibility index (Phi) is 6.35. The Morgan fingerprint density at radius 1 is 1.06 bits per heavy atom. The summed E-state index contributed by atoms with van der Waals surface area (Å²) < 4.78 is 0. The van der Waals surface area contributed by atoms with E-state index in [9.17, 15) is 5.11 Å². The third-order valence-corrected chi connectivity index (χ3v) is 11.4. The third kappa shape index (κ3) is 3.60. The van der Waals surface area contributed by atoms with Gasteiger partial charge >= 0.3 is 0 Å². The van der Waals surface area contributed by atoms with E-state index in [2.05, 4.69) is 54.5 Å². The molecule has 1 N–H and O–H groups in total. The molecule has 2 saturated carbocycles. The fourth-order valence-electron chi connectivity index (χ4n) is 9.40. The summed E-state index contributed by atoms with van der Waals surface area (Å²) in [5.41, 5.74) is 6.21. The Morgan fingerprint density at radius 2 is 1.81 bits per heavy atom. The van der Waals surface area contributed by atoms with Crippen LogP contribution in [0, 0.1) is 39.9 Å². The molecular formula is C30H50O. The predicted octanol–water partition coefficient (Wildman–Crippen LogP) is 8.48. The van der Waals surface area contributed by atoms with Gasteiger partial charge in [0.1, 0.15) is 0 Å². The van der Waals surface area contributed by atoms with Crippen molar-refractivity contribution in [2.45, 2.75) is 125 Å². The van der Waals surface area contributed by atoms with Crippen LogP contribution in [0.25, 0.3) is 0 Å². The normalized spacial score (nSPS) is 45.5. The number of allylic oxidation sites excluding steroid dienone is 4. The molecule has 31 heavy (non-hydrogen) atoms. The van der Waals surface area contributed by atoms with Gasteiger partial charge in [-0.15, -0.1) is 0 Å². The molecule has 0 radical (unpaired) electrons. The summed E-state index contributed by atoms with van der Waals surface area (Å²) in [6.45, 7) is 17.0. The predicted molar refractivity (Wildman–Crippen MR) is 133 cm³/mol. The average Bonchev–Trinajstić information content (AvgIpc) is 3.08. The molecule has 1 nitrogen and oxygen atoms in total. The second-order valence-corrected chi connectivity index (χ2v) is 13.0. The van der Waals surface area contributed by atoms with Gasteiger partial charge in [-0.2, -0.15) is 0 Å². The largest absolute Gasteiger partial charge is 0.393 e. The molecule has 2 unspecified atom stereocenters. The van der Waals surface area contributed by atoms with Gasteiger partial charge in [0.25, 0.3) is 0 Å². The Balaban J connectivity index is 1.60. The lowest BCUT2D eigenvalue weighted by Gasteiger charge is -2.60. The minimum atomic E-state index is -0.107. The van der Waals surface area contributed by atoms with Gasteiger partial charge in [0.05, 0.1) is 6.10 Å². The summed E-state index contributed by atoms with van der Waals surface area (Å²) in [4.78, 5) is 0. The van der Waals surface area contributed by atoms with Crippen LogP contribution < -0.4 is 0 Å². The second-order valence-electron chi connectivity index (χ2n) is 13.0. The van der Waals surface area contributed by atoms with E-state index in [0.29, 0.717) is 16.7 Å². The Morgan fingerprint density at radius 3 is 2.48 bits per heavy atom. The quantitative estimate of drug-likeness (QED) is 0.437. The van der Waals surface area contributed by atoms with Crippen LogP contribution in [0.2, 0.25) is 0 Å². The highest BCUT2D eigenvalue weighted by Gasteiger charge is 2.59. The maximum absolute atomic E-state index is 10.9. The topological polar surface area (TPSA) is 20.2 Å². The van der Waals surface area contributed by atoms with Crippen molar-refractivity contribution >= 4 is 0 Å². The van der Waals surface area contributed by atoms with Crippen LogP contribution in [-0.4, -0.2) is 11.2 Å². The minimum Gasteiger partial charge on any atom is -0.393 e. The molecule has 0 amide bonds. The molecule has 176 valence electrons. The number of aliphatic hydroxyl groups is 1. The Labute approximate surface area is 193 Å². The molecular weight excluding hydrogens is 376 g/mol. The van der Waals surface area contributed by atoms with Gasteiger partial charge in [-0.3, -0.25) is 0 Å². The summed E-state index contributed by atoms with van der Waals surface area (Å²) >= 11 is 0. The van der Waals surface area contributed by atoms with Crippen LogP contribution in [0.3, 0.4) is 0 Å². The molecule has 8 atom stereocenters. The molecule has 0 aromatic carbocycles. The molecule has 4 rings (SSSR count). The number of rotatable bonds is 5. The third-order valence-electron chi connectivity index (χ3n) is 11.4. The zero-order valence-corrected chi connectivity index (χ0v) is 21.7. The number of hydrogen-bond donors (Lipinski definition) is 1. The molecule has 4 aliphatic carbocycles. The van der Waals surface area contributed by atoms with Crippen LogP contribution in [0.15, 0.2) is 22.8 Å². The SMILES string of the molecule is CC[C@]1(C)C(O)CC[C@]2(C)C3=C(CCC12)[C@@H]1CC[C@H]([C@H](C)CCC=C(C)C)[C@@]1(C)CC3. The van der Waals surface area contributed by atoms with Crippen LogP contribution in [-0.2, 0) is 0 Å². The highest BCUT2D eigenvalue weighted by atomic mass is 16.3. The Bertz CT molecular complexity index is 742. The number of aliphatic hydroxyl groups excluding tert-OH is 1. The molecule has 0 saturated heterocycles. The van der Waals surface area contributed by atoms with E-state index in [0.717, 1.165) is 30.6 Å². The van der Waals surface area contributed by atoms with Gasteiger partial charge in [-0.05, 0) is 124 Å². The first-order chi connectivity index (χ1) is 14.6. The molecule has 0 aromatic rings. The first kappa shape index (κ1) is 23.6. The van der Waals surface area contributed by atoms with Gasteiger partial charge in [-0.1, -0.05) is 57.4 Å². The second kappa shape index (κ2) is 8.34. The lowest BCUT2D eigenvalue weighted by molar-refractivity contribution is -0.105. The van der Waals surface area contributed by atoms with Crippen LogP contribution >= 0.6 is 0 Å². The van der Waals surface area contributed by atoms with Crippen LogP contribution in [0.4, 0.5) is 0 Å². The fourth-order valence-corrected chi connectivity index (χ4v) is 9.40. The zero-order chi connectivity index (χ0) is 22.6. The first-order valence-corrected chi connectivity index (χ1v) is 13.6. The molecule has 4 aliphatic rings. The average molecular weight is 427 g/mol. The highest BCUT2D eigenvalue weighted by Crippen LogP contribution is 2.68. The van der Waals surface area contributed by atoms with E-state index in [1.165, 1.54) is 63.4 Å². The molecule has 0 spiro atoms. The van der Waals surface area contributed by atoms with E-state index in [-0.39, 0.29) is 11.5 Å². The number of hydrogen-bond acceptors (Lipinski definition) is 1. The summed E-state index contributed by atoms with van der Waals surface area (Å²) in [7, 11) is 0. The summed E-state index contributed by atoms with van der Waals surface area (Å²) in [5, 5.41) is 10.9. The first-order valence-electron chi connectivity index (χ1n) is 13.6. The van der Waals surface area contributed by atoms with Gasteiger partial charge in [-0.25, -0.2) is 0 Å². The summed E-state index contributed by atoms with van der Waals surface area (Å²) in [5.74, 6) is 3.24. The van der Waals surface area contributed by atoms with Gasteiger partial charge in [0, 0.05) is 0 Å². The summed E-state index contributed by atoms with van der Waals surface area (Å²) in [6.07, 6.45) is 16.5. The van der Waals surface area contributed by atoms with Crippen molar-refractivity contribution in [1.29, 1.82) is 0 Å². The Hall–Kier alpha value is -0.560. The molecule has 2 fully saturated rings. The molecule has 0 aliphatic heterocycles. The van der Waals surface area contributed by atoms with Crippen LogP contribution in [0.1, 0.15) is 119 Å². The van der Waals surface area contributed by atoms with E-state index in [1.54, 1.807) is 0 Å². The van der Waals surface area contributed by atoms with Crippen molar-refractivity contribution in [2.24, 2.45) is 39.9 Å². The van der Waals surface area contributed by atoms with Crippen molar-refractivity contribution in [3.8, 4) is 0 Å². The molecule has 1 heteroatoms. The van der Waals surface area contributed by atoms with Crippen LogP contribution in [0.5, 0.6) is 0 Å². The monoisotopic (exact) mass is 426 g/mol. The van der Waals surface area contributed by atoms with Crippen molar-refractivity contribution in [3.63, 3.8) is 0 Å². The molecule has 0 bridgehead atoms. The van der Waals surface area contributed by atoms with E-state index >= 15 is 0 Å². The lowest BCUT2D eigenvalue weighted by Crippen LogP contribution is -2.54. The minimum absolute atomic E-state index is 0.101. The van der Waals surface area contributed by atoms with Gasteiger partial charge in [0.2, 0.25) is 0 Å². The maximum atomic E-state index is 10.9. The van der Waals surface area contributed by atoms with Crippen molar-refractivity contribution in [3.05, 3.63) is 22.8 Å². The number of fused-ring (bicyclic) bond motifs is 4. The standard InChI is InChI=1S/C30H50O/c1-8-28(5)26-15-12-22-24-14-13-23(21(4)11-9-10-20(2)3)29(24,6)18-16-25(22)30(26,7)19-17-27(28)31/h10,21,23-24,26-27,31H,8-9,11-19H2,1-7H3/t21-,23-,24+,26?,27?,28+,29-,30-/m1/s1. The van der Waals surface area contributed by atoms with E-state index in [4.69, 9.17) is 0 Å². The van der Waals surface area contributed by atoms with E-state index in [1.807, 2.05) is 11.1 Å². The fraction of sp³-hybridized carbons (Fsp3) is 0.867. The van der Waals surface area contributed by atoms with Gasteiger partial charge in [0.15, 0.2) is 0 Å². The zero-order valence-electron chi connectivity index (χ0n) is 21.7. The van der Waals surface area contributed by atoms with E-state index < -0.39 is 0 Å². The maximum Gasteiger partial charge on any atom is 0.0597 e. The van der Waals surface area contributed by atoms with Gasteiger partial charge < -0.3 is 5.11 Å². The highest BCUT2D eigenvalue weighted by molar-refractivity contribution is 5.35. The van der Waals surface area contributed by atoms with Crippen molar-refractivity contribution in [2.75, 3.05) is 0 Å². The lowest BCUT2D eigenvalue weighted by atomic mass is 9.45. The van der Waals surface area contributed by atoms with Crippen molar-refractivity contribution in [1.82, 2.24) is 0 Å². The molecule has 0 heterocycles. The smallest absolute Gasteiger partial charge is 0.0597 e. The van der Waals surface area contributed by atoms with Crippen molar-refractivity contribution < 1.29 is 5.11 Å².